The van der Waals surface area contributed by atoms with Crippen LogP contribution in [0.3, 0.4) is 0 Å². The van der Waals surface area contributed by atoms with E-state index in [0.29, 0.717) is 12.8 Å². The first-order chi connectivity index (χ1) is 7.20. The molecule has 3 nitrogen and oxygen atoms in total. The molecular formula is C12H22O3. The molecule has 0 saturated heterocycles. The molecule has 0 radical (unpaired) electrons. The third kappa shape index (κ3) is 5.17. The second-order valence-corrected chi connectivity index (χ2v) is 4.61. The smallest absolute Gasteiger partial charge is 0.306 e. The van der Waals surface area contributed by atoms with Crippen LogP contribution in [0, 0.1) is 5.92 Å². The maximum atomic E-state index is 10.9. The molecule has 1 saturated carbocycles. The fraction of sp³-hybridized carbons (Fsp3) is 0.917. The zero-order valence-electron chi connectivity index (χ0n) is 9.32. The molecule has 15 heavy (non-hydrogen) atoms. The highest BCUT2D eigenvalue weighted by Gasteiger charge is 2.19. The summed E-state index contributed by atoms with van der Waals surface area (Å²) in [4.78, 5) is 10.9. The summed E-state index contributed by atoms with van der Waals surface area (Å²) in [5.41, 5.74) is 0. The van der Waals surface area contributed by atoms with Gasteiger partial charge in [-0.25, -0.2) is 0 Å². The first-order valence-corrected chi connectivity index (χ1v) is 6.11. The molecule has 1 aliphatic rings. The molecule has 0 bridgehead atoms. The third-order valence-corrected chi connectivity index (χ3v) is 3.29. The Morgan fingerprint density at radius 3 is 2.13 bits per heavy atom. The Morgan fingerprint density at radius 2 is 1.47 bits per heavy atom. The first-order valence-electron chi connectivity index (χ1n) is 6.11. The Kier molecular flexibility index (Phi) is 5.69. The van der Waals surface area contributed by atoms with Crippen molar-refractivity contribution in [2.45, 2.75) is 63.9 Å². The van der Waals surface area contributed by atoms with Crippen LogP contribution in [0.4, 0.5) is 0 Å². The van der Waals surface area contributed by atoms with Crippen molar-refractivity contribution in [3.63, 3.8) is 0 Å². The monoisotopic (exact) mass is 214 g/mol. The van der Waals surface area contributed by atoms with Crippen molar-refractivity contribution in [1.29, 1.82) is 0 Å². The SMILES string of the molecule is O=C(O)C1CCCCCCCC(O)CC1. The van der Waals surface area contributed by atoms with E-state index in [4.69, 9.17) is 5.11 Å². The van der Waals surface area contributed by atoms with Crippen molar-refractivity contribution in [2.75, 3.05) is 0 Å². The molecule has 88 valence electrons. The van der Waals surface area contributed by atoms with Gasteiger partial charge in [-0.15, -0.1) is 0 Å². The summed E-state index contributed by atoms with van der Waals surface area (Å²) in [5, 5.41) is 18.6. The maximum absolute atomic E-state index is 10.9. The van der Waals surface area contributed by atoms with E-state index in [9.17, 15) is 9.90 Å². The van der Waals surface area contributed by atoms with Crippen LogP contribution in [0.15, 0.2) is 0 Å². The third-order valence-electron chi connectivity index (χ3n) is 3.29. The summed E-state index contributed by atoms with van der Waals surface area (Å²) in [6.45, 7) is 0. The molecule has 3 heteroatoms. The molecular weight excluding hydrogens is 192 g/mol. The molecule has 1 aliphatic carbocycles. The minimum absolute atomic E-state index is 0.238. The van der Waals surface area contributed by atoms with Gasteiger partial charge in [0, 0.05) is 0 Å². The summed E-state index contributed by atoms with van der Waals surface area (Å²) < 4.78 is 0. The van der Waals surface area contributed by atoms with Crippen LogP contribution in [0.1, 0.15) is 57.8 Å². The van der Waals surface area contributed by atoms with E-state index in [-0.39, 0.29) is 12.0 Å². The lowest BCUT2D eigenvalue weighted by atomic mass is 9.95. The number of carboxylic acids is 1. The van der Waals surface area contributed by atoms with Gasteiger partial charge in [0.25, 0.3) is 0 Å². The van der Waals surface area contributed by atoms with E-state index in [1.807, 2.05) is 0 Å². The minimum Gasteiger partial charge on any atom is -0.481 e. The van der Waals surface area contributed by atoms with Crippen LogP contribution in [0.5, 0.6) is 0 Å². The van der Waals surface area contributed by atoms with Crippen LogP contribution in [-0.2, 0) is 4.79 Å². The van der Waals surface area contributed by atoms with Crippen LogP contribution in [-0.4, -0.2) is 22.3 Å². The van der Waals surface area contributed by atoms with Gasteiger partial charge in [-0.1, -0.05) is 32.1 Å². The van der Waals surface area contributed by atoms with Crippen molar-refractivity contribution < 1.29 is 15.0 Å². The number of carboxylic acid groups (broad SMARTS) is 1. The van der Waals surface area contributed by atoms with Crippen LogP contribution in [0.2, 0.25) is 0 Å². The zero-order chi connectivity index (χ0) is 11.1. The molecule has 0 amide bonds. The van der Waals surface area contributed by atoms with Crippen molar-refractivity contribution in [2.24, 2.45) is 5.92 Å². The number of hydrogen-bond acceptors (Lipinski definition) is 2. The van der Waals surface area contributed by atoms with Crippen molar-refractivity contribution in [1.82, 2.24) is 0 Å². The van der Waals surface area contributed by atoms with E-state index in [1.54, 1.807) is 0 Å². The van der Waals surface area contributed by atoms with Gasteiger partial charge in [0.05, 0.1) is 12.0 Å². The summed E-state index contributed by atoms with van der Waals surface area (Å²) in [7, 11) is 0. The lowest BCUT2D eigenvalue weighted by Gasteiger charge is -2.13. The Morgan fingerprint density at radius 1 is 0.867 bits per heavy atom. The lowest BCUT2D eigenvalue weighted by molar-refractivity contribution is -0.142. The van der Waals surface area contributed by atoms with E-state index >= 15 is 0 Å². The van der Waals surface area contributed by atoms with Crippen LogP contribution >= 0.6 is 0 Å². The second-order valence-electron chi connectivity index (χ2n) is 4.61. The predicted octanol–water partition coefficient (Wildman–Crippen LogP) is 2.57. The Hall–Kier alpha value is -0.570. The number of carbonyl (C=O) groups is 1. The number of hydrogen-bond donors (Lipinski definition) is 2. The highest BCUT2D eigenvalue weighted by atomic mass is 16.4. The molecule has 0 aliphatic heterocycles. The predicted molar refractivity (Wildman–Crippen MR) is 58.7 cm³/mol. The van der Waals surface area contributed by atoms with Gasteiger partial charge in [0.2, 0.25) is 0 Å². The fourth-order valence-electron chi connectivity index (χ4n) is 2.23. The first kappa shape index (κ1) is 12.5. The molecule has 0 aromatic heterocycles. The largest absolute Gasteiger partial charge is 0.481 e. The van der Waals surface area contributed by atoms with E-state index in [2.05, 4.69) is 0 Å². The van der Waals surface area contributed by atoms with Crippen molar-refractivity contribution in [3.05, 3.63) is 0 Å². The molecule has 0 heterocycles. The summed E-state index contributed by atoms with van der Waals surface area (Å²) in [5.74, 6) is -0.931. The van der Waals surface area contributed by atoms with Gasteiger partial charge in [-0.2, -0.15) is 0 Å². The van der Waals surface area contributed by atoms with E-state index in [0.717, 1.165) is 32.1 Å². The Labute approximate surface area is 91.5 Å². The minimum atomic E-state index is -0.693. The standard InChI is InChI=1S/C12H22O3/c13-11-7-5-3-1-2-4-6-10(8-9-11)12(14)15/h10-11,13H,1-9H2,(H,14,15). The van der Waals surface area contributed by atoms with Crippen LogP contribution < -0.4 is 0 Å². The van der Waals surface area contributed by atoms with Crippen LogP contribution in [0.25, 0.3) is 0 Å². The molecule has 0 aromatic rings. The average molecular weight is 214 g/mol. The number of aliphatic hydroxyl groups is 1. The molecule has 2 unspecified atom stereocenters. The quantitative estimate of drug-likeness (QED) is 0.705. The van der Waals surface area contributed by atoms with Crippen molar-refractivity contribution in [3.8, 4) is 0 Å². The molecule has 0 aromatic carbocycles. The van der Waals surface area contributed by atoms with E-state index in [1.165, 1.54) is 12.8 Å². The number of aliphatic carboxylic acids is 1. The topological polar surface area (TPSA) is 57.5 Å². The maximum Gasteiger partial charge on any atom is 0.306 e. The highest BCUT2D eigenvalue weighted by Crippen LogP contribution is 2.21. The lowest BCUT2D eigenvalue weighted by Crippen LogP contribution is -2.16. The van der Waals surface area contributed by atoms with Gasteiger partial charge >= 0.3 is 5.97 Å². The van der Waals surface area contributed by atoms with Gasteiger partial charge in [-0.3, -0.25) is 4.79 Å². The Balaban J connectivity index is 2.41. The summed E-state index contributed by atoms with van der Waals surface area (Å²) in [6, 6.07) is 0. The average Bonchev–Trinajstić information content (AvgIpc) is 2.23. The summed E-state index contributed by atoms with van der Waals surface area (Å²) in [6.07, 6.45) is 8.21. The van der Waals surface area contributed by atoms with Gasteiger partial charge in [0.15, 0.2) is 0 Å². The molecule has 1 rings (SSSR count). The molecule has 2 N–H and O–H groups in total. The van der Waals surface area contributed by atoms with Crippen molar-refractivity contribution >= 4 is 5.97 Å². The normalized spacial score (nSPS) is 30.5. The number of aliphatic hydroxyl groups excluding tert-OH is 1. The molecule has 1 fully saturated rings. The van der Waals surface area contributed by atoms with Gasteiger partial charge < -0.3 is 10.2 Å². The summed E-state index contributed by atoms with van der Waals surface area (Å²) >= 11 is 0. The van der Waals surface area contributed by atoms with Gasteiger partial charge in [0.1, 0.15) is 0 Å². The highest BCUT2D eigenvalue weighted by molar-refractivity contribution is 5.69. The van der Waals surface area contributed by atoms with E-state index < -0.39 is 5.97 Å². The fourth-order valence-corrected chi connectivity index (χ4v) is 2.23. The molecule has 2 atom stereocenters. The second kappa shape index (κ2) is 6.83. The zero-order valence-corrected chi connectivity index (χ0v) is 9.32. The Bertz CT molecular complexity index is 191. The van der Waals surface area contributed by atoms with Gasteiger partial charge in [-0.05, 0) is 25.7 Å². The number of rotatable bonds is 1. The molecule has 0 spiro atoms.